The van der Waals surface area contributed by atoms with E-state index >= 15 is 0 Å². The van der Waals surface area contributed by atoms with Crippen molar-refractivity contribution in [2.75, 3.05) is 5.73 Å². The molecule has 2 N–H and O–H groups in total. The summed E-state index contributed by atoms with van der Waals surface area (Å²) in [5.41, 5.74) is 5.24. The van der Waals surface area contributed by atoms with Gasteiger partial charge < -0.3 is 15.3 Å². The Labute approximate surface area is 66.4 Å². The summed E-state index contributed by atoms with van der Waals surface area (Å²) in [6.45, 7) is 0. The van der Waals surface area contributed by atoms with E-state index in [1.165, 1.54) is 0 Å². The van der Waals surface area contributed by atoms with Gasteiger partial charge in [0, 0.05) is 11.5 Å². The summed E-state index contributed by atoms with van der Waals surface area (Å²) in [6.07, 6.45) is 0.961. The van der Waals surface area contributed by atoms with Crippen LogP contribution in [0.5, 0.6) is 0 Å². The molecule has 0 atom stereocenters. The average molecular weight is 171 g/mol. The zero-order valence-corrected chi connectivity index (χ0v) is 6.25. The van der Waals surface area contributed by atoms with Crippen molar-refractivity contribution in [3.63, 3.8) is 0 Å². The minimum atomic E-state index is -0.872. The lowest BCUT2D eigenvalue weighted by molar-refractivity contribution is -0.116. The third kappa shape index (κ3) is 1.58. The number of aldehydes is 2. The monoisotopic (exact) mass is 171 g/mol. The van der Waals surface area contributed by atoms with E-state index in [4.69, 9.17) is 5.73 Å². The highest BCUT2D eigenvalue weighted by Crippen LogP contribution is 2.11. The fraction of sp³-hybridized carbons (Fsp3) is 0.200. The van der Waals surface area contributed by atoms with Crippen LogP contribution < -0.4 is 5.73 Å². The van der Waals surface area contributed by atoms with Crippen LogP contribution in [0.15, 0.2) is 0 Å². The summed E-state index contributed by atoms with van der Waals surface area (Å²) in [6, 6.07) is 0. The van der Waals surface area contributed by atoms with E-state index in [9.17, 15) is 9.59 Å². The Balaban J connectivity index is 2.89. The first-order valence-electron chi connectivity index (χ1n) is 2.77. The highest BCUT2D eigenvalue weighted by molar-refractivity contribution is 7.09. The lowest BCUT2D eigenvalue weighted by atomic mass is 10.2. The fourth-order valence-electron chi connectivity index (χ4n) is 0.536. The second-order valence-electron chi connectivity index (χ2n) is 1.79. The Morgan fingerprint density at radius 1 is 1.45 bits per heavy atom. The lowest BCUT2D eigenvalue weighted by Gasteiger charge is -1.90. The van der Waals surface area contributed by atoms with Gasteiger partial charge in [-0.05, 0) is 0 Å². The van der Waals surface area contributed by atoms with Crippen LogP contribution >= 0.6 is 11.5 Å². The van der Waals surface area contributed by atoms with Gasteiger partial charge in [0.05, 0.1) is 0 Å². The van der Waals surface area contributed by atoms with E-state index in [1.54, 1.807) is 0 Å². The van der Waals surface area contributed by atoms with Gasteiger partial charge in [-0.1, -0.05) is 0 Å². The molecule has 5 nitrogen and oxygen atoms in total. The second-order valence-corrected chi connectivity index (χ2v) is 2.57. The molecular weight excluding hydrogens is 166 g/mol. The number of nitrogens with zero attached hydrogens (tertiary/aromatic N) is 2. The first-order chi connectivity index (χ1) is 5.27. The van der Waals surface area contributed by atoms with E-state index in [-0.39, 0.29) is 11.0 Å². The largest absolute Gasteiger partial charge is 0.374 e. The maximum Gasteiger partial charge on any atom is 0.199 e. The third-order valence-electron chi connectivity index (χ3n) is 1.05. The van der Waals surface area contributed by atoms with Crippen LogP contribution in [0.1, 0.15) is 11.7 Å². The molecule has 0 amide bonds. The number of nitrogen functional groups attached to an aromatic ring is 1. The van der Waals surface area contributed by atoms with Gasteiger partial charge >= 0.3 is 0 Å². The second kappa shape index (κ2) is 3.20. The van der Waals surface area contributed by atoms with Crippen molar-refractivity contribution in [1.29, 1.82) is 0 Å². The molecule has 0 saturated carbocycles. The van der Waals surface area contributed by atoms with Gasteiger partial charge in [0.25, 0.3) is 0 Å². The summed E-state index contributed by atoms with van der Waals surface area (Å²) >= 11 is 0.962. The fourth-order valence-corrected chi connectivity index (χ4v) is 1.02. The summed E-state index contributed by atoms with van der Waals surface area (Å²) in [7, 11) is 0. The first kappa shape index (κ1) is 7.80. The van der Waals surface area contributed by atoms with Crippen LogP contribution in [0.4, 0.5) is 5.13 Å². The smallest absolute Gasteiger partial charge is 0.199 e. The molecule has 0 aliphatic heterocycles. The predicted molar refractivity (Wildman–Crippen MR) is 39.2 cm³/mol. The number of aromatic nitrogens is 2. The first-order valence-corrected chi connectivity index (χ1v) is 3.55. The Kier molecular flexibility index (Phi) is 2.27. The Bertz CT molecular complexity index is 264. The standard InChI is InChI=1S/C5H5N3O2S/c6-5-7-4(8-11-5)3(1-9)2-10/h1-3H,(H2,6,7,8). The highest BCUT2D eigenvalue weighted by atomic mass is 32.1. The number of hydrogen-bond donors (Lipinski definition) is 1. The number of carbonyl (C=O) groups excluding carboxylic acids is 2. The van der Waals surface area contributed by atoms with Crippen molar-refractivity contribution in [3.8, 4) is 0 Å². The van der Waals surface area contributed by atoms with Crippen molar-refractivity contribution >= 4 is 29.2 Å². The quantitative estimate of drug-likeness (QED) is 0.494. The Hall–Kier alpha value is -1.30. The van der Waals surface area contributed by atoms with E-state index in [0.29, 0.717) is 12.6 Å². The molecule has 1 heterocycles. The molecule has 0 saturated heterocycles. The topological polar surface area (TPSA) is 85.9 Å². The van der Waals surface area contributed by atoms with Crippen LogP contribution in [0, 0.1) is 0 Å². The molecule has 0 spiro atoms. The van der Waals surface area contributed by atoms with Gasteiger partial charge in [-0.25, -0.2) is 4.98 Å². The molecule has 0 aromatic carbocycles. The van der Waals surface area contributed by atoms with Gasteiger partial charge in [0.1, 0.15) is 18.5 Å². The SMILES string of the molecule is Nc1nc(C(C=O)C=O)ns1. The van der Waals surface area contributed by atoms with E-state index < -0.39 is 5.92 Å². The van der Waals surface area contributed by atoms with Crippen molar-refractivity contribution in [2.45, 2.75) is 5.92 Å². The zero-order chi connectivity index (χ0) is 8.27. The van der Waals surface area contributed by atoms with E-state index in [1.807, 2.05) is 0 Å². The minimum Gasteiger partial charge on any atom is -0.374 e. The molecule has 11 heavy (non-hydrogen) atoms. The van der Waals surface area contributed by atoms with Crippen molar-refractivity contribution in [3.05, 3.63) is 5.82 Å². The van der Waals surface area contributed by atoms with Gasteiger partial charge in [-0.3, -0.25) is 0 Å². The third-order valence-corrected chi connectivity index (χ3v) is 1.61. The van der Waals surface area contributed by atoms with Crippen LogP contribution in [0.25, 0.3) is 0 Å². The van der Waals surface area contributed by atoms with Crippen LogP contribution in [-0.4, -0.2) is 21.9 Å². The average Bonchev–Trinajstić information content (AvgIpc) is 2.39. The molecule has 58 valence electrons. The van der Waals surface area contributed by atoms with Gasteiger partial charge in [0.15, 0.2) is 11.0 Å². The molecule has 0 aliphatic carbocycles. The Morgan fingerprint density at radius 3 is 2.45 bits per heavy atom. The highest BCUT2D eigenvalue weighted by Gasteiger charge is 2.13. The maximum absolute atomic E-state index is 10.2. The summed E-state index contributed by atoms with van der Waals surface area (Å²) in [5.74, 6) is -0.693. The molecule has 6 heteroatoms. The molecule has 0 aliphatic rings. The molecule has 0 bridgehead atoms. The Morgan fingerprint density at radius 2 is 2.09 bits per heavy atom. The molecular formula is C5H5N3O2S. The van der Waals surface area contributed by atoms with Crippen molar-refractivity contribution in [2.24, 2.45) is 0 Å². The lowest BCUT2D eigenvalue weighted by Crippen LogP contribution is -2.03. The predicted octanol–water partition coefficient (Wildman–Crippen LogP) is -0.398. The molecule has 1 rings (SSSR count). The number of rotatable bonds is 3. The van der Waals surface area contributed by atoms with Crippen molar-refractivity contribution < 1.29 is 9.59 Å². The van der Waals surface area contributed by atoms with E-state index in [2.05, 4.69) is 9.36 Å². The van der Waals surface area contributed by atoms with Gasteiger partial charge in [-0.15, -0.1) is 0 Å². The summed E-state index contributed by atoms with van der Waals surface area (Å²) < 4.78 is 3.70. The number of carbonyl (C=O) groups is 2. The zero-order valence-electron chi connectivity index (χ0n) is 5.43. The molecule has 0 radical (unpaired) electrons. The van der Waals surface area contributed by atoms with Crippen LogP contribution in [-0.2, 0) is 9.59 Å². The molecule has 1 aromatic rings. The maximum atomic E-state index is 10.2. The number of hydrogen-bond acceptors (Lipinski definition) is 6. The molecule has 0 fully saturated rings. The number of anilines is 1. The van der Waals surface area contributed by atoms with E-state index in [0.717, 1.165) is 11.5 Å². The number of nitrogens with two attached hydrogens (primary N) is 1. The summed E-state index contributed by atoms with van der Waals surface area (Å²) in [5, 5.41) is 0.258. The minimum absolute atomic E-state index is 0.178. The summed E-state index contributed by atoms with van der Waals surface area (Å²) in [4.78, 5) is 24.1. The molecule has 0 unspecified atom stereocenters. The normalized spacial score (nSPS) is 9.91. The van der Waals surface area contributed by atoms with Crippen LogP contribution in [0.2, 0.25) is 0 Å². The molecule has 1 aromatic heterocycles. The van der Waals surface area contributed by atoms with Crippen molar-refractivity contribution in [1.82, 2.24) is 9.36 Å². The van der Waals surface area contributed by atoms with Gasteiger partial charge in [0.2, 0.25) is 0 Å². The van der Waals surface area contributed by atoms with Crippen LogP contribution in [0.3, 0.4) is 0 Å². The van der Waals surface area contributed by atoms with Gasteiger partial charge in [-0.2, -0.15) is 4.37 Å².